The van der Waals surface area contributed by atoms with Crippen molar-refractivity contribution in [3.63, 3.8) is 0 Å². The van der Waals surface area contributed by atoms with Gasteiger partial charge in [0.15, 0.2) is 0 Å². The van der Waals surface area contributed by atoms with Crippen LogP contribution in [0, 0.1) is 0 Å². The van der Waals surface area contributed by atoms with Crippen LogP contribution in [0.15, 0.2) is 30.3 Å². The molecule has 7 heavy (non-hydrogen) atoms. The SMILES string of the molecule is [Ir+2][c]1ccccc1. The molecule has 0 saturated heterocycles. The van der Waals surface area contributed by atoms with Gasteiger partial charge in [-0.2, -0.15) is 0 Å². The van der Waals surface area contributed by atoms with Gasteiger partial charge in [-0.3, -0.25) is 0 Å². The van der Waals surface area contributed by atoms with Crippen molar-refractivity contribution in [2.24, 2.45) is 0 Å². The molecular weight excluding hydrogens is 264 g/mol. The van der Waals surface area contributed by atoms with E-state index in [1.54, 1.807) is 0 Å². The molecule has 0 heterocycles. The Labute approximate surface area is 53.7 Å². The first-order valence-corrected chi connectivity index (χ1v) is 3.27. The monoisotopic (exact) mass is 270 g/mol. The van der Waals surface area contributed by atoms with Crippen LogP contribution in [-0.2, 0) is 18.9 Å². The fourth-order valence-corrected chi connectivity index (χ4v) is 0.867. The van der Waals surface area contributed by atoms with E-state index in [1.165, 1.54) is 4.08 Å². The average molecular weight is 269 g/mol. The van der Waals surface area contributed by atoms with Crippen LogP contribution in [0.3, 0.4) is 0 Å². The molecule has 1 rings (SSSR count). The van der Waals surface area contributed by atoms with Gasteiger partial charge in [0.05, 0.1) is 0 Å². The molecule has 0 aromatic heterocycles. The predicted octanol–water partition coefficient (Wildman–Crippen LogP) is 0.859. The molecule has 0 bridgehead atoms. The number of hydrogen-bond acceptors (Lipinski definition) is 0. The van der Waals surface area contributed by atoms with Crippen molar-refractivity contribution in [1.82, 2.24) is 0 Å². The second-order valence-electron chi connectivity index (χ2n) is 1.27. The second kappa shape index (κ2) is 2.25. The molecule has 0 aliphatic rings. The summed E-state index contributed by atoms with van der Waals surface area (Å²) >= 11 is 2.08. The first kappa shape index (κ1) is 5.01. The van der Waals surface area contributed by atoms with Gasteiger partial charge in [0.2, 0.25) is 0 Å². The van der Waals surface area contributed by atoms with Crippen LogP contribution in [0.25, 0.3) is 0 Å². The molecule has 0 unspecified atom stereocenters. The molecule has 0 fully saturated rings. The van der Waals surface area contributed by atoms with Crippen molar-refractivity contribution in [3.05, 3.63) is 30.3 Å². The summed E-state index contributed by atoms with van der Waals surface area (Å²) in [6, 6.07) is 10.3. The summed E-state index contributed by atoms with van der Waals surface area (Å²) in [7, 11) is 0. The molecule has 1 aromatic carbocycles. The van der Waals surface area contributed by atoms with Crippen molar-refractivity contribution in [3.8, 4) is 0 Å². The van der Waals surface area contributed by atoms with Gasteiger partial charge in [-0.15, -0.1) is 0 Å². The first-order valence-electron chi connectivity index (χ1n) is 2.08. The molecule has 0 amide bonds. The Balaban J connectivity index is 3.02. The molecule has 36 valence electrons. The molecular formula is C6H5Ir+2. The van der Waals surface area contributed by atoms with Gasteiger partial charge in [0.1, 0.15) is 0 Å². The van der Waals surface area contributed by atoms with Gasteiger partial charge in [-0.05, 0) is 0 Å². The Morgan fingerprint density at radius 1 is 1.00 bits per heavy atom. The maximum absolute atomic E-state index is 2.08. The maximum atomic E-state index is 2.08. The van der Waals surface area contributed by atoms with E-state index in [-0.39, 0.29) is 0 Å². The van der Waals surface area contributed by atoms with Gasteiger partial charge in [-0.1, -0.05) is 0 Å². The van der Waals surface area contributed by atoms with Crippen molar-refractivity contribution < 1.29 is 18.9 Å². The minimum absolute atomic E-state index is 1.32. The zero-order valence-corrected chi connectivity index (χ0v) is 6.12. The molecule has 0 N–H and O–H groups in total. The Bertz CT molecular complexity index is 134. The molecule has 0 saturated carbocycles. The molecule has 0 atom stereocenters. The Kier molecular flexibility index (Phi) is 1.61. The van der Waals surface area contributed by atoms with Gasteiger partial charge in [-0.25, -0.2) is 0 Å². The summed E-state index contributed by atoms with van der Waals surface area (Å²) in [4.78, 5) is 0. The summed E-state index contributed by atoms with van der Waals surface area (Å²) in [6.45, 7) is 0. The van der Waals surface area contributed by atoms with E-state index in [4.69, 9.17) is 0 Å². The quantitative estimate of drug-likeness (QED) is 0.655. The molecule has 0 radical (unpaired) electrons. The minimum atomic E-state index is 1.32. The van der Waals surface area contributed by atoms with Crippen LogP contribution >= 0.6 is 0 Å². The van der Waals surface area contributed by atoms with E-state index in [0.717, 1.165) is 0 Å². The van der Waals surface area contributed by atoms with Crippen molar-refractivity contribution in [2.45, 2.75) is 0 Å². The first-order chi connectivity index (χ1) is 3.39. The predicted molar refractivity (Wildman–Crippen MR) is 26.1 cm³/mol. The molecule has 0 aliphatic carbocycles. The number of benzene rings is 1. The Morgan fingerprint density at radius 3 is 1.86 bits per heavy atom. The molecule has 0 spiro atoms. The molecule has 0 nitrogen and oxygen atoms in total. The van der Waals surface area contributed by atoms with E-state index < -0.39 is 0 Å². The Morgan fingerprint density at radius 2 is 1.57 bits per heavy atom. The number of hydrogen-bond donors (Lipinski definition) is 0. The zero-order valence-electron chi connectivity index (χ0n) is 3.72. The van der Waals surface area contributed by atoms with Gasteiger partial charge >= 0.3 is 53.3 Å². The fourth-order valence-electron chi connectivity index (χ4n) is 0.406. The van der Waals surface area contributed by atoms with Crippen LogP contribution in [0.2, 0.25) is 0 Å². The van der Waals surface area contributed by atoms with E-state index in [0.29, 0.717) is 0 Å². The average Bonchev–Trinajstić information content (AvgIpc) is 1.69. The van der Waals surface area contributed by atoms with Crippen LogP contribution in [-0.4, -0.2) is 0 Å². The van der Waals surface area contributed by atoms with Crippen molar-refractivity contribution in [1.29, 1.82) is 0 Å². The Hall–Kier alpha value is -0.131. The van der Waals surface area contributed by atoms with Gasteiger partial charge in [0.25, 0.3) is 0 Å². The fraction of sp³-hybridized carbons (Fsp3) is 0. The van der Waals surface area contributed by atoms with Crippen molar-refractivity contribution in [2.75, 3.05) is 0 Å². The van der Waals surface area contributed by atoms with Crippen LogP contribution in [0.1, 0.15) is 0 Å². The van der Waals surface area contributed by atoms with Gasteiger partial charge < -0.3 is 0 Å². The van der Waals surface area contributed by atoms with E-state index >= 15 is 0 Å². The van der Waals surface area contributed by atoms with Crippen molar-refractivity contribution >= 4 is 4.08 Å². The topological polar surface area (TPSA) is 0 Å². The number of rotatable bonds is 0. The molecule has 1 heteroatoms. The van der Waals surface area contributed by atoms with Crippen LogP contribution in [0.5, 0.6) is 0 Å². The van der Waals surface area contributed by atoms with Crippen LogP contribution in [0.4, 0.5) is 0 Å². The summed E-state index contributed by atoms with van der Waals surface area (Å²) in [5.41, 5.74) is 0. The van der Waals surface area contributed by atoms with Gasteiger partial charge in [0, 0.05) is 0 Å². The summed E-state index contributed by atoms with van der Waals surface area (Å²) in [6.07, 6.45) is 0. The van der Waals surface area contributed by atoms with E-state index in [1.807, 2.05) is 18.2 Å². The van der Waals surface area contributed by atoms with Crippen LogP contribution < -0.4 is 4.08 Å². The van der Waals surface area contributed by atoms with E-state index in [9.17, 15) is 0 Å². The zero-order chi connectivity index (χ0) is 5.11. The standard InChI is InChI=1S/C6H5.Ir/c1-2-4-6-5-3-1;/h1-5H;/q;+2. The molecule has 1 aromatic rings. The van der Waals surface area contributed by atoms with E-state index in [2.05, 4.69) is 31.0 Å². The third-order valence-corrected chi connectivity index (χ3v) is 1.52. The third-order valence-electron chi connectivity index (χ3n) is 0.718. The summed E-state index contributed by atoms with van der Waals surface area (Å²) < 4.78 is 1.32. The normalized spacial score (nSPS) is 8.71. The molecule has 0 aliphatic heterocycles. The third kappa shape index (κ3) is 1.42. The summed E-state index contributed by atoms with van der Waals surface area (Å²) in [5, 5.41) is 0. The summed E-state index contributed by atoms with van der Waals surface area (Å²) in [5.74, 6) is 0. The second-order valence-corrected chi connectivity index (χ2v) is 2.65.